The molecule has 0 unspecified atom stereocenters. The highest BCUT2D eigenvalue weighted by Gasteiger charge is 2.22. The fraction of sp³-hybridized carbons (Fsp3) is 0.318. The summed E-state index contributed by atoms with van der Waals surface area (Å²) in [6, 6.07) is 17.6. The lowest BCUT2D eigenvalue weighted by Crippen LogP contribution is -2.31. The van der Waals surface area contributed by atoms with Gasteiger partial charge in [0.05, 0.1) is 11.4 Å². The monoisotopic (exact) mass is 441 g/mol. The van der Waals surface area contributed by atoms with Crippen molar-refractivity contribution in [3.8, 4) is 5.69 Å². The largest absolute Gasteiger partial charge is 0.351 e. The van der Waals surface area contributed by atoms with Crippen molar-refractivity contribution in [2.24, 2.45) is 0 Å². The molecular weight excluding hydrogens is 418 g/mol. The van der Waals surface area contributed by atoms with Gasteiger partial charge < -0.3 is 10.2 Å². The van der Waals surface area contributed by atoms with Gasteiger partial charge in [0.1, 0.15) is 0 Å². The molecule has 1 aliphatic heterocycles. The van der Waals surface area contributed by atoms with Gasteiger partial charge in [-0.2, -0.15) is 0 Å². The van der Waals surface area contributed by atoms with Crippen molar-refractivity contribution < 1.29 is 4.79 Å². The highest BCUT2D eigenvalue weighted by Crippen LogP contribution is 2.28. The van der Waals surface area contributed by atoms with E-state index in [-0.39, 0.29) is 11.7 Å². The second-order valence-electron chi connectivity index (χ2n) is 7.16. The number of rotatable bonds is 7. The Morgan fingerprint density at radius 1 is 1.00 bits per heavy atom. The Balaban J connectivity index is 1.46. The summed E-state index contributed by atoms with van der Waals surface area (Å²) < 4.78 is 2.05. The molecule has 0 spiro atoms. The van der Waals surface area contributed by atoms with Crippen LogP contribution in [0.1, 0.15) is 24.8 Å². The molecule has 0 aliphatic carbocycles. The molecule has 0 radical (unpaired) electrons. The van der Waals surface area contributed by atoms with Crippen LogP contribution in [0.4, 0.5) is 5.95 Å². The lowest BCUT2D eigenvalue weighted by molar-refractivity contribution is -0.118. The molecule has 1 saturated heterocycles. The van der Waals surface area contributed by atoms with Gasteiger partial charge in [0.25, 0.3) is 0 Å². The van der Waals surface area contributed by atoms with Crippen molar-refractivity contribution in [3.05, 3.63) is 65.2 Å². The number of hydrogen-bond donors (Lipinski definition) is 1. The van der Waals surface area contributed by atoms with Crippen LogP contribution >= 0.6 is 23.4 Å². The zero-order valence-corrected chi connectivity index (χ0v) is 18.2. The number of nitrogens with one attached hydrogen (secondary N) is 1. The van der Waals surface area contributed by atoms with Crippen LogP contribution in [0.3, 0.4) is 0 Å². The first kappa shape index (κ1) is 20.8. The van der Waals surface area contributed by atoms with E-state index in [4.69, 9.17) is 11.6 Å². The molecule has 156 valence electrons. The van der Waals surface area contributed by atoms with Gasteiger partial charge in [0.2, 0.25) is 11.9 Å². The number of thioether (sulfide) groups is 1. The molecule has 1 amide bonds. The minimum atomic E-state index is -0.0675. The maximum absolute atomic E-state index is 12.4. The maximum Gasteiger partial charge on any atom is 0.232 e. The standard InChI is InChI=1S/C22H24ClN5OS/c23-19-12-6-5-9-17(19)15-24-20(29)16-30-22-26-25-21(27-13-7-2-8-14-27)28(22)18-10-3-1-4-11-18/h1,3-6,9-12H,2,7-8,13-16H2,(H,24,29). The second-order valence-corrected chi connectivity index (χ2v) is 8.51. The average Bonchev–Trinajstić information content (AvgIpc) is 3.22. The number of nitrogens with zero attached hydrogens (tertiary/aromatic N) is 4. The van der Waals surface area contributed by atoms with Crippen molar-refractivity contribution >= 4 is 35.2 Å². The molecular formula is C22H24ClN5OS. The molecule has 0 atom stereocenters. The molecule has 1 aliphatic rings. The Kier molecular flexibility index (Phi) is 6.92. The minimum Gasteiger partial charge on any atom is -0.351 e. The number of hydrogen-bond acceptors (Lipinski definition) is 5. The lowest BCUT2D eigenvalue weighted by atomic mass is 10.1. The predicted octanol–water partition coefficient (Wildman–Crippen LogP) is 4.32. The smallest absolute Gasteiger partial charge is 0.232 e. The number of anilines is 1. The summed E-state index contributed by atoms with van der Waals surface area (Å²) >= 11 is 7.55. The molecule has 4 rings (SSSR count). The summed E-state index contributed by atoms with van der Waals surface area (Å²) in [5, 5.41) is 13.2. The number of carbonyl (C=O) groups excluding carboxylic acids is 1. The van der Waals surface area contributed by atoms with E-state index in [0.717, 1.165) is 48.3 Å². The Labute approximate surface area is 185 Å². The molecule has 0 bridgehead atoms. The number of benzene rings is 2. The highest BCUT2D eigenvalue weighted by molar-refractivity contribution is 7.99. The summed E-state index contributed by atoms with van der Waals surface area (Å²) in [6.07, 6.45) is 3.58. The third-order valence-electron chi connectivity index (χ3n) is 5.04. The molecule has 1 N–H and O–H groups in total. The topological polar surface area (TPSA) is 63.1 Å². The Bertz CT molecular complexity index is 988. The number of piperidine rings is 1. The number of amides is 1. The van der Waals surface area contributed by atoms with E-state index in [0.29, 0.717) is 11.6 Å². The Hall–Kier alpha value is -2.51. The molecule has 1 aromatic heterocycles. The van der Waals surface area contributed by atoms with Crippen LogP contribution < -0.4 is 10.2 Å². The first-order valence-electron chi connectivity index (χ1n) is 10.1. The van der Waals surface area contributed by atoms with Gasteiger partial charge >= 0.3 is 0 Å². The summed E-state index contributed by atoms with van der Waals surface area (Å²) in [6.45, 7) is 2.37. The van der Waals surface area contributed by atoms with Crippen molar-refractivity contribution in [3.63, 3.8) is 0 Å². The quantitative estimate of drug-likeness (QED) is 0.553. The molecule has 3 aromatic rings. The molecule has 1 fully saturated rings. The number of para-hydroxylation sites is 1. The first-order chi connectivity index (χ1) is 14.7. The predicted molar refractivity (Wildman–Crippen MR) is 121 cm³/mol. The van der Waals surface area contributed by atoms with E-state index in [9.17, 15) is 4.79 Å². The van der Waals surface area contributed by atoms with E-state index in [1.54, 1.807) is 0 Å². The van der Waals surface area contributed by atoms with Gasteiger partial charge in [-0.15, -0.1) is 10.2 Å². The van der Waals surface area contributed by atoms with Crippen molar-refractivity contribution in [1.29, 1.82) is 0 Å². The molecule has 2 aromatic carbocycles. The van der Waals surface area contributed by atoms with Crippen LogP contribution in [0.25, 0.3) is 5.69 Å². The Morgan fingerprint density at radius 3 is 2.50 bits per heavy atom. The third-order valence-corrected chi connectivity index (χ3v) is 6.33. The van der Waals surface area contributed by atoms with Crippen LogP contribution in [0.2, 0.25) is 5.02 Å². The summed E-state index contributed by atoms with van der Waals surface area (Å²) in [4.78, 5) is 14.7. The van der Waals surface area contributed by atoms with Crippen LogP contribution in [0.15, 0.2) is 59.8 Å². The molecule has 2 heterocycles. The Morgan fingerprint density at radius 2 is 1.73 bits per heavy atom. The van der Waals surface area contributed by atoms with Gasteiger partial charge in [-0.1, -0.05) is 59.8 Å². The van der Waals surface area contributed by atoms with Gasteiger partial charge in [-0.25, -0.2) is 0 Å². The van der Waals surface area contributed by atoms with E-state index in [1.807, 2.05) is 54.6 Å². The van der Waals surface area contributed by atoms with E-state index < -0.39 is 0 Å². The number of halogens is 1. The van der Waals surface area contributed by atoms with E-state index >= 15 is 0 Å². The summed E-state index contributed by atoms with van der Waals surface area (Å²) in [5.74, 6) is 1.04. The van der Waals surface area contributed by atoms with Crippen molar-refractivity contribution in [2.75, 3.05) is 23.7 Å². The lowest BCUT2D eigenvalue weighted by Gasteiger charge is -2.27. The third kappa shape index (κ3) is 4.96. The van der Waals surface area contributed by atoms with Gasteiger partial charge in [0.15, 0.2) is 5.16 Å². The second kappa shape index (κ2) is 10.00. The van der Waals surface area contributed by atoms with Gasteiger partial charge in [-0.3, -0.25) is 9.36 Å². The molecule has 6 nitrogen and oxygen atoms in total. The number of carbonyl (C=O) groups is 1. The SMILES string of the molecule is O=C(CSc1nnc(N2CCCCC2)n1-c1ccccc1)NCc1ccccc1Cl. The minimum absolute atomic E-state index is 0.0675. The molecule has 0 saturated carbocycles. The first-order valence-corrected chi connectivity index (χ1v) is 11.5. The number of aromatic nitrogens is 3. The fourth-order valence-electron chi connectivity index (χ4n) is 3.47. The van der Waals surface area contributed by atoms with Crippen molar-refractivity contribution in [1.82, 2.24) is 20.1 Å². The normalized spacial score (nSPS) is 14.0. The fourth-order valence-corrected chi connectivity index (χ4v) is 4.45. The zero-order valence-electron chi connectivity index (χ0n) is 16.6. The van der Waals surface area contributed by atoms with Crippen molar-refractivity contribution in [2.45, 2.75) is 31.0 Å². The van der Waals surface area contributed by atoms with Crippen LogP contribution in [0.5, 0.6) is 0 Å². The van der Waals surface area contributed by atoms with Gasteiger partial charge in [0, 0.05) is 24.7 Å². The molecule has 8 heteroatoms. The maximum atomic E-state index is 12.4. The zero-order chi connectivity index (χ0) is 20.8. The van der Waals surface area contributed by atoms with Gasteiger partial charge in [-0.05, 0) is 43.0 Å². The average molecular weight is 442 g/mol. The summed E-state index contributed by atoms with van der Waals surface area (Å²) in [5.41, 5.74) is 1.90. The van der Waals surface area contributed by atoms with Crippen LogP contribution in [0, 0.1) is 0 Å². The van der Waals surface area contributed by atoms with E-state index in [2.05, 4.69) is 25.0 Å². The van der Waals surface area contributed by atoms with E-state index in [1.165, 1.54) is 18.2 Å². The molecule has 30 heavy (non-hydrogen) atoms. The summed E-state index contributed by atoms with van der Waals surface area (Å²) in [7, 11) is 0. The van der Waals surface area contributed by atoms with Crippen LogP contribution in [-0.2, 0) is 11.3 Å². The van der Waals surface area contributed by atoms with Crippen LogP contribution in [-0.4, -0.2) is 39.5 Å². The highest BCUT2D eigenvalue weighted by atomic mass is 35.5.